The Hall–Kier alpha value is -3.58. The summed E-state index contributed by atoms with van der Waals surface area (Å²) in [4.78, 5) is 30.7. The molecule has 0 radical (unpaired) electrons. The number of rotatable bonds is 6. The number of hydrogen-bond acceptors (Lipinski definition) is 9. The van der Waals surface area contributed by atoms with E-state index in [-0.39, 0.29) is 48.0 Å². The number of phenols is 1. The molecule has 1 aromatic heterocycles. The van der Waals surface area contributed by atoms with E-state index in [1.165, 1.54) is 0 Å². The number of aliphatic hydroxyl groups is 1. The van der Waals surface area contributed by atoms with Crippen LogP contribution in [0.1, 0.15) is 20.3 Å². The van der Waals surface area contributed by atoms with Crippen LogP contribution in [0.3, 0.4) is 0 Å². The average Bonchev–Trinajstić information content (AvgIpc) is 3.19. The van der Waals surface area contributed by atoms with Crippen LogP contribution >= 0.6 is 0 Å². The van der Waals surface area contributed by atoms with Crippen molar-refractivity contribution in [2.75, 3.05) is 49.9 Å². The molecule has 3 heterocycles. The fourth-order valence-electron chi connectivity index (χ4n) is 4.77. The van der Waals surface area contributed by atoms with E-state index in [1.807, 2.05) is 16.7 Å². The summed E-state index contributed by atoms with van der Waals surface area (Å²) in [6.45, 7) is 5.95. The number of β-amino-alcohol motifs (C(OH)–C–C–N with tert-alkyl or cyclic N) is 1. The van der Waals surface area contributed by atoms with Crippen molar-refractivity contribution < 1.29 is 28.6 Å². The second kappa shape index (κ2) is 10.8. The molecule has 2 aromatic rings. The Balaban J connectivity index is 1.33. The minimum atomic E-state index is -1.17. The fraction of sp³-hybridized carbons (Fsp3) is 0.500. The molecule has 4 rings (SSSR count). The topological polar surface area (TPSA) is 148 Å². The third-order valence-corrected chi connectivity index (χ3v) is 6.78. The molecule has 5 N–H and O–H groups in total. The molecule has 0 unspecified atom stereocenters. The Morgan fingerprint density at radius 3 is 2.49 bits per heavy atom. The summed E-state index contributed by atoms with van der Waals surface area (Å²) < 4.78 is 27.1. The maximum absolute atomic E-state index is 13.7. The zero-order chi connectivity index (χ0) is 26.9. The summed E-state index contributed by atoms with van der Waals surface area (Å²) in [5.74, 6) is -3.11. The minimum absolute atomic E-state index is 0.00976. The SMILES string of the molecule is C[C@H](NC(=O)CN1CCN(c2cc(-c3cc(F)c(F)cc3O)nnc2N)CC1)C(=O)N1C[C@H](O)C[C@H]1C. The van der Waals surface area contributed by atoms with Gasteiger partial charge in [0.05, 0.1) is 24.0 Å². The van der Waals surface area contributed by atoms with Crippen molar-refractivity contribution in [2.45, 2.75) is 38.5 Å². The molecular weight excluding hydrogens is 488 g/mol. The lowest BCUT2D eigenvalue weighted by Crippen LogP contribution is -2.53. The van der Waals surface area contributed by atoms with Gasteiger partial charge in [0.2, 0.25) is 11.8 Å². The van der Waals surface area contributed by atoms with Crippen molar-refractivity contribution in [3.05, 3.63) is 29.8 Å². The molecule has 2 aliphatic heterocycles. The number of halogens is 2. The van der Waals surface area contributed by atoms with Crippen molar-refractivity contribution in [3.63, 3.8) is 0 Å². The number of hydrogen-bond donors (Lipinski definition) is 4. The van der Waals surface area contributed by atoms with Crippen LogP contribution in [0.15, 0.2) is 18.2 Å². The van der Waals surface area contributed by atoms with Crippen molar-refractivity contribution in [1.82, 2.24) is 25.3 Å². The van der Waals surface area contributed by atoms with Crippen molar-refractivity contribution in [2.24, 2.45) is 0 Å². The van der Waals surface area contributed by atoms with Crippen LogP contribution in [0.2, 0.25) is 0 Å². The van der Waals surface area contributed by atoms with E-state index in [1.54, 1.807) is 17.9 Å². The monoisotopic (exact) mass is 519 g/mol. The van der Waals surface area contributed by atoms with Gasteiger partial charge in [-0.25, -0.2) is 8.78 Å². The molecule has 2 aliphatic rings. The van der Waals surface area contributed by atoms with Gasteiger partial charge >= 0.3 is 0 Å². The van der Waals surface area contributed by atoms with E-state index in [0.29, 0.717) is 44.4 Å². The molecule has 11 nitrogen and oxygen atoms in total. The molecule has 0 bridgehead atoms. The molecule has 2 saturated heterocycles. The van der Waals surface area contributed by atoms with E-state index in [2.05, 4.69) is 15.5 Å². The molecule has 200 valence electrons. The lowest BCUT2D eigenvalue weighted by atomic mass is 10.1. The summed E-state index contributed by atoms with van der Waals surface area (Å²) in [5.41, 5.74) is 6.68. The van der Waals surface area contributed by atoms with Gasteiger partial charge in [-0.2, -0.15) is 0 Å². The number of phenolic OH excluding ortho intramolecular Hbond substituents is 1. The number of aromatic hydroxyl groups is 1. The Kier molecular flexibility index (Phi) is 7.73. The molecular formula is C24H31F2N7O4. The number of aliphatic hydroxyl groups excluding tert-OH is 1. The lowest BCUT2D eigenvalue weighted by Gasteiger charge is -2.36. The second-order valence-electron chi connectivity index (χ2n) is 9.57. The molecule has 3 atom stereocenters. The first-order valence-electron chi connectivity index (χ1n) is 12.1. The highest BCUT2D eigenvalue weighted by atomic mass is 19.2. The largest absolute Gasteiger partial charge is 0.507 e. The second-order valence-corrected chi connectivity index (χ2v) is 9.57. The standard InChI is InChI=1S/C24H31F2N7O4/c1-13-7-15(34)11-33(13)24(37)14(2)28-22(36)12-31-3-5-32(6-4-31)20-10-19(29-30-23(20)27)16-8-17(25)18(26)9-21(16)35/h8-10,13-15,34-35H,3-7,11-12H2,1-2H3,(H2,27,30)(H,28,36)/t13-,14+,15-/m1/s1. The first kappa shape index (κ1) is 26.5. The van der Waals surface area contributed by atoms with Crippen molar-refractivity contribution >= 4 is 23.3 Å². The molecule has 0 spiro atoms. The Morgan fingerprint density at radius 1 is 1.16 bits per heavy atom. The van der Waals surface area contributed by atoms with Crippen LogP contribution in [0.25, 0.3) is 11.3 Å². The zero-order valence-corrected chi connectivity index (χ0v) is 20.7. The number of nitrogens with zero attached hydrogens (tertiary/aromatic N) is 5. The van der Waals surface area contributed by atoms with Gasteiger partial charge in [-0.15, -0.1) is 10.2 Å². The van der Waals surface area contributed by atoms with E-state index in [0.717, 1.165) is 6.07 Å². The van der Waals surface area contributed by atoms with Crippen LogP contribution in [0, 0.1) is 11.6 Å². The highest BCUT2D eigenvalue weighted by Gasteiger charge is 2.34. The van der Waals surface area contributed by atoms with E-state index in [9.17, 15) is 28.6 Å². The summed E-state index contributed by atoms with van der Waals surface area (Å²) in [7, 11) is 0. The minimum Gasteiger partial charge on any atom is -0.507 e. The number of nitrogen functional groups attached to an aromatic ring is 1. The quantitative estimate of drug-likeness (QED) is 0.423. The average molecular weight is 520 g/mol. The summed E-state index contributed by atoms with van der Waals surface area (Å²) in [6.07, 6.45) is -0.0149. The molecule has 2 amide bonds. The maximum Gasteiger partial charge on any atom is 0.245 e. The summed E-state index contributed by atoms with van der Waals surface area (Å²) >= 11 is 0. The number of likely N-dealkylation sites (tertiary alicyclic amines) is 1. The van der Waals surface area contributed by atoms with Crippen molar-refractivity contribution in [1.29, 1.82) is 0 Å². The molecule has 0 aliphatic carbocycles. The van der Waals surface area contributed by atoms with Gasteiger partial charge in [0.15, 0.2) is 17.5 Å². The molecule has 13 heteroatoms. The third kappa shape index (κ3) is 5.88. The molecule has 0 saturated carbocycles. The summed E-state index contributed by atoms with van der Waals surface area (Å²) in [5, 5.41) is 30.4. The predicted octanol–water partition coefficient (Wildman–Crippen LogP) is 0.318. The number of anilines is 2. The highest BCUT2D eigenvalue weighted by molar-refractivity contribution is 5.88. The third-order valence-electron chi connectivity index (χ3n) is 6.78. The number of piperazine rings is 1. The van der Waals surface area contributed by atoms with Crippen LogP contribution < -0.4 is 16.0 Å². The van der Waals surface area contributed by atoms with Crippen LogP contribution in [-0.4, -0.2) is 99.5 Å². The van der Waals surface area contributed by atoms with E-state index in [4.69, 9.17) is 5.73 Å². The van der Waals surface area contributed by atoms with Crippen molar-refractivity contribution in [3.8, 4) is 17.0 Å². The van der Waals surface area contributed by atoms with Gasteiger partial charge in [-0.1, -0.05) is 0 Å². The number of nitrogens with one attached hydrogen (secondary N) is 1. The van der Waals surface area contributed by atoms with Crippen LogP contribution in [0.5, 0.6) is 5.75 Å². The number of amides is 2. The first-order chi connectivity index (χ1) is 17.5. The van der Waals surface area contributed by atoms with E-state index >= 15 is 0 Å². The first-order valence-corrected chi connectivity index (χ1v) is 12.1. The van der Waals surface area contributed by atoms with Gasteiger partial charge in [0.1, 0.15) is 11.8 Å². The number of carbonyl (C=O) groups excluding carboxylic acids is 2. The van der Waals surface area contributed by atoms with Gasteiger partial charge in [-0.3, -0.25) is 14.5 Å². The maximum atomic E-state index is 13.7. The zero-order valence-electron chi connectivity index (χ0n) is 20.7. The normalized spacial score (nSPS) is 21.2. The van der Waals surface area contributed by atoms with Gasteiger partial charge in [0.25, 0.3) is 0 Å². The Labute approximate surface area is 212 Å². The fourth-order valence-corrected chi connectivity index (χ4v) is 4.77. The van der Waals surface area contributed by atoms with Crippen LogP contribution in [-0.2, 0) is 9.59 Å². The number of carbonyl (C=O) groups is 2. The lowest BCUT2D eigenvalue weighted by molar-refractivity contribution is -0.137. The highest BCUT2D eigenvalue weighted by Crippen LogP contribution is 2.33. The van der Waals surface area contributed by atoms with Gasteiger partial charge in [-0.05, 0) is 32.4 Å². The molecule has 37 heavy (non-hydrogen) atoms. The summed E-state index contributed by atoms with van der Waals surface area (Å²) in [6, 6.07) is 2.31. The smallest absolute Gasteiger partial charge is 0.245 e. The molecule has 1 aromatic carbocycles. The molecule has 2 fully saturated rings. The number of benzene rings is 1. The number of aromatic nitrogens is 2. The van der Waals surface area contributed by atoms with Crippen LogP contribution in [0.4, 0.5) is 20.3 Å². The predicted molar refractivity (Wildman–Crippen MR) is 132 cm³/mol. The van der Waals surface area contributed by atoms with Gasteiger partial charge < -0.3 is 31.1 Å². The Morgan fingerprint density at radius 2 is 1.84 bits per heavy atom. The Bertz CT molecular complexity index is 1180. The van der Waals surface area contributed by atoms with Gasteiger partial charge in [0, 0.05) is 50.4 Å². The number of nitrogens with two attached hydrogens (primary N) is 1. The van der Waals surface area contributed by atoms with E-state index < -0.39 is 29.5 Å².